The standard InChI is InChI=1S/C23H22ClF5N4O5S2/c1-13(2)39(35,36)14-6-8-15(9-7-14)40(37,38)33-17-5-3-4-16(24)19(17)21(30-33)32-11-10-31(22(34)20(25)26)12-18(32)23(27,28)29/h3-9,13,18,20H,10-12H2,1-2H3. The predicted molar refractivity (Wildman–Crippen MR) is 136 cm³/mol. The van der Waals surface area contributed by atoms with E-state index in [0.29, 0.717) is 13.9 Å². The molecule has 1 unspecified atom stereocenters. The van der Waals surface area contributed by atoms with Crippen molar-refractivity contribution >= 4 is 54.1 Å². The Balaban J connectivity index is 1.84. The van der Waals surface area contributed by atoms with Crippen LogP contribution in [0.5, 0.6) is 0 Å². The number of amides is 1. The number of benzene rings is 2. The first-order valence-electron chi connectivity index (χ1n) is 11.6. The van der Waals surface area contributed by atoms with Crippen molar-refractivity contribution in [3.05, 3.63) is 47.5 Å². The minimum atomic E-state index is -5.02. The molecule has 1 aliphatic rings. The van der Waals surface area contributed by atoms with Crippen molar-refractivity contribution in [1.82, 2.24) is 14.1 Å². The summed E-state index contributed by atoms with van der Waals surface area (Å²) in [6.07, 6.45) is -8.52. The normalized spacial score (nSPS) is 17.3. The Bertz CT molecular complexity index is 1660. The highest BCUT2D eigenvalue weighted by atomic mass is 35.5. The van der Waals surface area contributed by atoms with E-state index in [1.165, 1.54) is 32.0 Å². The molecule has 40 heavy (non-hydrogen) atoms. The molecular formula is C23H22ClF5N4O5S2. The second-order valence-electron chi connectivity index (χ2n) is 9.21. The summed E-state index contributed by atoms with van der Waals surface area (Å²) < 4.78 is 121. The topological polar surface area (TPSA) is 110 Å². The zero-order valence-electron chi connectivity index (χ0n) is 20.8. The highest BCUT2D eigenvalue weighted by Crippen LogP contribution is 2.39. The minimum absolute atomic E-state index is 0.125. The summed E-state index contributed by atoms with van der Waals surface area (Å²) in [7, 11) is -8.30. The quantitative estimate of drug-likeness (QED) is 0.380. The maximum Gasteiger partial charge on any atom is 0.410 e. The smallest absolute Gasteiger partial charge is 0.339 e. The summed E-state index contributed by atoms with van der Waals surface area (Å²) >= 11 is 6.29. The van der Waals surface area contributed by atoms with Crippen LogP contribution in [0, 0.1) is 0 Å². The lowest BCUT2D eigenvalue weighted by molar-refractivity contribution is -0.165. The second kappa shape index (κ2) is 10.4. The number of hydrogen-bond acceptors (Lipinski definition) is 7. The summed E-state index contributed by atoms with van der Waals surface area (Å²) in [6.45, 7) is 0.677. The van der Waals surface area contributed by atoms with Crippen molar-refractivity contribution in [2.75, 3.05) is 24.5 Å². The van der Waals surface area contributed by atoms with Gasteiger partial charge in [-0.1, -0.05) is 17.7 Å². The van der Waals surface area contributed by atoms with E-state index in [-0.39, 0.29) is 20.8 Å². The van der Waals surface area contributed by atoms with Crippen LogP contribution in [0.2, 0.25) is 5.02 Å². The van der Waals surface area contributed by atoms with Crippen LogP contribution in [-0.2, 0) is 24.7 Å². The largest absolute Gasteiger partial charge is 0.410 e. The summed E-state index contributed by atoms with van der Waals surface area (Å²) in [5.74, 6) is -2.23. The van der Waals surface area contributed by atoms with E-state index >= 15 is 0 Å². The number of piperazine rings is 1. The van der Waals surface area contributed by atoms with Gasteiger partial charge in [0, 0.05) is 13.1 Å². The lowest BCUT2D eigenvalue weighted by Gasteiger charge is -2.42. The number of aromatic nitrogens is 2. The Kier molecular flexibility index (Phi) is 7.83. The Morgan fingerprint density at radius 3 is 2.15 bits per heavy atom. The maximum absolute atomic E-state index is 14.1. The number of alkyl halides is 5. The molecule has 0 aliphatic carbocycles. The van der Waals surface area contributed by atoms with Crippen molar-refractivity contribution in [2.45, 2.75) is 47.5 Å². The zero-order chi connectivity index (χ0) is 29.8. The first kappa shape index (κ1) is 30.0. The molecule has 1 atom stereocenters. The number of sulfone groups is 1. The molecule has 1 saturated heterocycles. The third-order valence-electron chi connectivity index (χ3n) is 6.43. The second-order valence-corrected chi connectivity index (χ2v) is 13.9. The van der Waals surface area contributed by atoms with Crippen molar-refractivity contribution in [3.8, 4) is 0 Å². The molecule has 0 bridgehead atoms. The number of hydrogen-bond donors (Lipinski definition) is 0. The summed E-state index contributed by atoms with van der Waals surface area (Å²) in [6, 6.07) is 5.73. The Morgan fingerprint density at radius 2 is 1.60 bits per heavy atom. The molecule has 3 aromatic rings. The van der Waals surface area contributed by atoms with Crippen LogP contribution in [0.15, 0.2) is 52.3 Å². The molecule has 1 aliphatic heterocycles. The van der Waals surface area contributed by atoms with E-state index in [1.54, 1.807) is 0 Å². The lowest BCUT2D eigenvalue weighted by Crippen LogP contribution is -2.61. The molecule has 0 N–H and O–H groups in total. The third-order valence-corrected chi connectivity index (χ3v) is 10.5. The number of fused-ring (bicyclic) bond motifs is 1. The van der Waals surface area contributed by atoms with E-state index in [9.17, 15) is 43.6 Å². The SMILES string of the molecule is CC(C)S(=O)(=O)c1ccc(S(=O)(=O)n2nc(N3CCN(C(=O)C(F)F)CC3C(F)(F)F)c3c(Cl)cccc32)cc1. The number of nitrogens with zero attached hydrogens (tertiary/aromatic N) is 4. The average molecular weight is 629 g/mol. The number of rotatable bonds is 6. The fourth-order valence-electron chi connectivity index (χ4n) is 4.30. The minimum Gasteiger partial charge on any atom is -0.339 e. The molecule has 4 rings (SSSR count). The van der Waals surface area contributed by atoms with E-state index < -0.39 is 80.0 Å². The number of carbonyl (C=O) groups excluding carboxylic acids is 1. The molecule has 1 aromatic heterocycles. The fourth-order valence-corrected chi connectivity index (χ4v) is 6.89. The van der Waals surface area contributed by atoms with Crippen LogP contribution < -0.4 is 4.90 Å². The fraction of sp³-hybridized carbons (Fsp3) is 0.391. The molecule has 0 radical (unpaired) electrons. The lowest BCUT2D eigenvalue weighted by atomic mass is 10.1. The predicted octanol–water partition coefficient (Wildman–Crippen LogP) is 3.95. The van der Waals surface area contributed by atoms with Gasteiger partial charge in [-0.2, -0.15) is 34.5 Å². The maximum atomic E-state index is 14.1. The molecule has 0 spiro atoms. The van der Waals surface area contributed by atoms with E-state index in [0.717, 1.165) is 24.3 Å². The molecule has 1 amide bonds. The number of carbonyl (C=O) groups is 1. The summed E-state index contributed by atoms with van der Waals surface area (Å²) in [4.78, 5) is 12.3. The summed E-state index contributed by atoms with van der Waals surface area (Å²) in [5.41, 5.74) is -0.173. The van der Waals surface area contributed by atoms with Crippen LogP contribution in [0.4, 0.5) is 27.8 Å². The molecule has 17 heteroatoms. The van der Waals surface area contributed by atoms with Gasteiger partial charge in [0.05, 0.1) is 37.5 Å². The van der Waals surface area contributed by atoms with Crippen LogP contribution in [0.3, 0.4) is 0 Å². The van der Waals surface area contributed by atoms with Crippen LogP contribution in [0.1, 0.15) is 13.8 Å². The van der Waals surface area contributed by atoms with Crippen molar-refractivity contribution < 1.29 is 43.6 Å². The van der Waals surface area contributed by atoms with Gasteiger partial charge < -0.3 is 9.80 Å². The van der Waals surface area contributed by atoms with Gasteiger partial charge in [-0.3, -0.25) is 4.79 Å². The highest BCUT2D eigenvalue weighted by molar-refractivity contribution is 7.92. The Hall–Kier alpha value is -2.98. The first-order chi connectivity index (χ1) is 18.5. The van der Waals surface area contributed by atoms with Gasteiger partial charge in [0.25, 0.3) is 15.9 Å². The van der Waals surface area contributed by atoms with Crippen molar-refractivity contribution in [2.24, 2.45) is 0 Å². The number of anilines is 1. The van der Waals surface area contributed by atoms with Crippen molar-refractivity contribution in [3.63, 3.8) is 0 Å². The van der Waals surface area contributed by atoms with Crippen LogP contribution in [-0.4, -0.2) is 80.4 Å². The third kappa shape index (κ3) is 5.23. The Labute approximate surface area is 231 Å². The first-order valence-corrected chi connectivity index (χ1v) is 15.0. The summed E-state index contributed by atoms with van der Waals surface area (Å²) in [5, 5.41) is 2.95. The van der Waals surface area contributed by atoms with Gasteiger partial charge in [0.2, 0.25) is 0 Å². The monoisotopic (exact) mass is 628 g/mol. The van der Waals surface area contributed by atoms with Gasteiger partial charge in [-0.05, 0) is 50.2 Å². The van der Waals surface area contributed by atoms with Gasteiger partial charge >= 0.3 is 12.6 Å². The Morgan fingerprint density at radius 1 is 1.00 bits per heavy atom. The van der Waals surface area contributed by atoms with Gasteiger partial charge in [-0.25, -0.2) is 8.42 Å². The molecule has 9 nitrogen and oxygen atoms in total. The van der Waals surface area contributed by atoms with Crippen molar-refractivity contribution in [1.29, 1.82) is 0 Å². The van der Waals surface area contributed by atoms with Crippen LogP contribution in [0.25, 0.3) is 10.9 Å². The average Bonchev–Trinajstić information content (AvgIpc) is 3.29. The molecule has 2 aromatic carbocycles. The molecule has 1 fully saturated rings. The van der Waals surface area contributed by atoms with Gasteiger partial charge in [0.15, 0.2) is 15.7 Å². The zero-order valence-corrected chi connectivity index (χ0v) is 23.2. The molecule has 2 heterocycles. The number of halogens is 6. The van der Waals surface area contributed by atoms with Crippen LogP contribution >= 0.6 is 11.6 Å². The highest BCUT2D eigenvalue weighted by Gasteiger charge is 2.49. The van der Waals surface area contributed by atoms with Gasteiger partial charge in [-0.15, -0.1) is 5.10 Å². The van der Waals surface area contributed by atoms with E-state index in [1.807, 2.05) is 0 Å². The molecule has 0 saturated carbocycles. The van der Waals surface area contributed by atoms with Gasteiger partial charge in [0.1, 0.15) is 6.04 Å². The molecule has 218 valence electrons. The van der Waals surface area contributed by atoms with E-state index in [4.69, 9.17) is 11.6 Å². The molecular weight excluding hydrogens is 607 g/mol. The van der Waals surface area contributed by atoms with E-state index in [2.05, 4.69) is 5.10 Å².